The van der Waals surface area contributed by atoms with Crippen molar-refractivity contribution in [2.24, 2.45) is 53.3 Å². The molecule has 21 heavy (non-hydrogen) atoms. The monoisotopic (exact) mass is 306 g/mol. The molecule has 0 aromatic rings. The standard InChI is InChI=1S/C20H34S/c1-5-13-14(6-2)16-9-15(13)19-12-7-17(20(16)19)18(8-12)21-10-11(3)4/h11-20H,5-10H2,1-4H3. The van der Waals surface area contributed by atoms with Crippen LogP contribution in [0.4, 0.5) is 0 Å². The third kappa shape index (κ3) is 2.08. The molecule has 0 N–H and O–H groups in total. The second-order valence-corrected chi connectivity index (χ2v) is 10.3. The van der Waals surface area contributed by atoms with E-state index in [1.807, 2.05) is 0 Å². The minimum atomic E-state index is 0.873. The van der Waals surface area contributed by atoms with E-state index in [0.29, 0.717) is 0 Å². The van der Waals surface area contributed by atoms with Gasteiger partial charge in [-0.2, -0.15) is 11.8 Å². The highest BCUT2D eigenvalue weighted by molar-refractivity contribution is 7.99. The molecule has 0 aliphatic heterocycles. The maximum absolute atomic E-state index is 2.47. The Morgan fingerprint density at radius 3 is 2.14 bits per heavy atom. The van der Waals surface area contributed by atoms with Crippen molar-refractivity contribution in [2.45, 2.75) is 65.0 Å². The molecule has 4 fully saturated rings. The topological polar surface area (TPSA) is 0 Å². The van der Waals surface area contributed by atoms with E-state index < -0.39 is 0 Å². The van der Waals surface area contributed by atoms with Crippen LogP contribution in [0.3, 0.4) is 0 Å². The molecule has 0 heterocycles. The molecular formula is C20H34S. The maximum Gasteiger partial charge on any atom is 0.00811 e. The minimum Gasteiger partial charge on any atom is -0.158 e. The van der Waals surface area contributed by atoms with Gasteiger partial charge in [-0.3, -0.25) is 0 Å². The van der Waals surface area contributed by atoms with Crippen molar-refractivity contribution in [2.75, 3.05) is 5.75 Å². The van der Waals surface area contributed by atoms with Crippen LogP contribution in [0.25, 0.3) is 0 Å². The van der Waals surface area contributed by atoms with E-state index >= 15 is 0 Å². The molecule has 4 bridgehead atoms. The maximum atomic E-state index is 2.47. The third-order valence-electron chi connectivity index (χ3n) is 7.84. The van der Waals surface area contributed by atoms with Crippen molar-refractivity contribution < 1.29 is 0 Å². The lowest BCUT2D eigenvalue weighted by Crippen LogP contribution is -2.41. The van der Waals surface area contributed by atoms with E-state index in [4.69, 9.17) is 0 Å². The van der Waals surface area contributed by atoms with Gasteiger partial charge in [-0.1, -0.05) is 40.5 Å². The lowest BCUT2D eigenvalue weighted by atomic mass is 9.62. The van der Waals surface area contributed by atoms with Crippen LogP contribution in [0.1, 0.15) is 59.8 Å². The molecule has 4 saturated carbocycles. The van der Waals surface area contributed by atoms with E-state index in [9.17, 15) is 0 Å². The van der Waals surface area contributed by atoms with Crippen molar-refractivity contribution >= 4 is 11.8 Å². The molecule has 0 amide bonds. The number of hydrogen-bond acceptors (Lipinski definition) is 1. The van der Waals surface area contributed by atoms with Crippen molar-refractivity contribution in [3.05, 3.63) is 0 Å². The molecule has 4 aliphatic carbocycles. The first-order chi connectivity index (χ1) is 10.2. The Balaban J connectivity index is 1.51. The summed E-state index contributed by atoms with van der Waals surface area (Å²) in [5.74, 6) is 11.3. The van der Waals surface area contributed by atoms with Crippen LogP contribution in [-0.4, -0.2) is 11.0 Å². The summed E-state index contributed by atoms with van der Waals surface area (Å²) in [6.45, 7) is 9.72. The average molecular weight is 307 g/mol. The summed E-state index contributed by atoms with van der Waals surface area (Å²) in [6, 6.07) is 0. The fourth-order valence-electron chi connectivity index (χ4n) is 7.53. The van der Waals surface area contributed by atoms with Crippen LogP contribution < -0.4 is 0 Å². The molecule has 4 aliphatic rings. The summed E-state index contributed by atoms with van der Waals surface area (Å²) in [4.78, 5) is 0. The molecule has 4 rings (SSSR count). The molecular weight excluding hydrogens is 272 g/mol. The Morgan fingerprint density at radius 1 is 0.857 bits per heavy atom. The Morgan fingerprint density at radius 2 is 1.52 bits per heavy atom. The van der Waals surface area contributed by atoms with Gasteiger partial charge in [0.05, 0.1) is 0 Å². The highest BCUT2D eigenvalue weighted by atomic mass is 32.2. The predicted octanol–water partition coefficient (Wildman–Crippen LogP) is 5.72. The van der Waals surface area contributed by atoms with Crippen molar-refractivity contribution in [3.63, 3.8) is 0 Å². The van der Waals surface area contributed by atoms with E-state index in [2.05, 4.69) is 39.5 Å². The molecule has 0 nitrogen and oxygen atoms in total. The van der Waals surface area contributed by atoms with Crippen LogP contribution in [0.2, 0.25) is 0 Å². The van der Waals surface area contributed by atoms with Crippen molar-refractivity contribution in [3.8, 4) is 0 Å². The summed E-state index contributed by atoms with van der Waals surface area (Å²) in [6.07, 6.45) is 7.75. The highest BCUT2D eigenvalue weighted by Crippen LogP contribution is 2.72. The molecule has 9 atom stereocenters. The number of rotatable bonds is 5. The van der Waals surface area contributed by atoms with Gasteiger partial charge in [0.2, 0.25) is 0 Å². The van der Waals surface area contributed by atoms with Gasteiger partial charge in [0, 0.05) is 5.25 Å². The molecule has 1 heteroatoms. The van der Waals surface area contributed by atoms with Crippen LogP contribution >= 0.6 is 11.8 Å². The molecule has 9 unspecified atom stereocenters. The SMILES string of the molecule is CCC1C(CC)C2CC1C1C3CC(SCC(C)C)C(C3)C21. The molecule has 0 radical (unpaired) electrons. The highest BCUT2D eigenvalue weighted by Gasteiger charge is 2.66. The van der Waals surface area contributed by atoms with E-state index in [0.717, 1.165) is 52.6 Å². The Kier molecular flexibility index (Phi) is 3.88. The van der Waals surface area contributed by atoms with E-state index in [-0.39, 0.29) is 0 Å². The first kappa shape index (κ1) is 14.9. The predicted molar refractivity (Wildman–Crippen MR) is 93.4 cm³/mol. The second kappa shape index (κ2) is 5.46. The van der Waals surface area contributed by atoms with E-state index in [1.54, 1.807) is 19.3 Å². The van der Waals surface area contributed by atoms with Crippen LogP contribution in [0, 0.1) is 53.3 Å². The van der Waals surface area contributed by atoms with Crippen LogP contribution in [0.15, 0.2) is 0 Å². The van der Waals surface area contributed by atoms with Gasteiger partial charge in [0.15, 0.2) is 0 Å². The summed E-state index contributed by atoms with van der Waals surface area (Å²) >= 11 is 2.35. The van der Waals surface area contributed by atoms with Gasteiger partial charge in [-0.05, 0) is 78.3 Å². The number of thioether (sulfide) groups is 1. The van der Waals surface area contributed by atoms with Gasteiger partial charge < -0.3 is 0 Å². The summed E-state index contributed by atoms with van der Waals surface area (Å²) < 4.78 is 0. The van der Waals surface area contributed by atoms with Gasteiger partial charge in [0.25, 0.3) is 0 Å². The largest absolute Gasteiger partial charge is 0.158 e. The fraction of sp³-hybridized carbons (Fsp3) is 1.00. The normalized spacial score (nSPS) is 53.9. The first-order valence-electron chi connectivity index (χ1n) is 9.77. The molecule has 120 valence electrons. The lowest BCUT2D eigenvalue weighted by molar-refractivity contribution is 0.0542. The Bertz CT molecular complexity index is 389. The van der Waals surface area contributed by atoms with Crippen LogP contribution in [-0.2, 0) is 0 Å². The molecule has 0 spiro atoms. The van der Waals surface area contributed by atoms with Gasteiger partial charge in [-0.15, -0.1) is 0 Å². The zero-order chi connectivity index (χ0) is 14.7. The zero-order valence-electron chi connectivity index (χ0n) is 14.4. The lowest BCUT2D eigenvalue weighted by Gasteiger charge is -2.45. The van der Waals surface area contributed by atoms with Gasteiger partial charge in [-0.25, -0.2) is 0 Å². The van der Waals surface area contributed by atoms with E-state index in [1.165, 1.54) is 24.5 Å². The van der Waals surface area contributed by atoms with Gasteiger partial charge in [0.1, 0.15) is 0 Å². The summed E-state index contributed by atoms with van der Waals surface area (Å²) in [5, 5.41) is 1.04. The average Bonchev–Trinajstić information content (AvgIpc) is 3.19. The van der Waals surface area contributed by atoms with Gasteiger partial charge >= 0.3 is 0 Å². The quantitative estimate of drug-likeness (QED) is 0.585. The molecule has 0 aromatic heterocycles. The summed E-state index contributed by atoms with van der Waals surface area (Å²) in [5.41, 5.74) is 0. The Hall–Kier alpha value is 0.350. The second-order valence-electron chi connectivity index (χ2n) is 9.02. The summed E-state index contributed by atoms with van der Waals surface area (Å²) in [7, 11) is 0. The van der Waals surface area contributed by atoms with Crippen LogP contribution in [0.5, 0.6) is 0 Å². The fourth-order valence-corrected chi connectivity index (χ4v) is 9.09. The molecule has 0 aromatic carbocycles. The van der Waals surface area contributed by atoms with Crippen molar-refractivity contribution in [1.82, 2.24) is 0 Å². The number of hydrogen-bond donors (Lipinski definition) is 0. The van der Waals surface area contributed by atoms with Crippen molar-refractivity contribution in [1.29, 1.82) is 0 Å². The Labute approximate surface area is 136 Å². The number of fused-ring (bicyclic) bond motifs is 9. The third-order valence-corrected chi connectivity index (χ3v) is 9.67. The smallest absolute Gasteiger partial charge is 0.00811 e. The zero-order valence-corrected chi connectivity index (χ0v) is 15.2. The molecule has 0 saturated heterocycles. The first-order valence-corrected chi connectivity index (χ1v) is 10.8. The minimum absolute atomic E-state index is 0.873.